The summed E-state index contributed by atoms with van der Waals surface area (Å²) in [6.45, 7) is 6.03. The van der Waals surface area contributed by atoms with Gasteiger partial charge in [-0.15, -0.1) is 0 Å². The topological polar surface area (TPSA) is 58.4 Å². The third-order valence-electron chi connectivity index (χ3n) is 4.36. The molecule has 3 N–H and O–H groups in total. The van der Waals surface area contributed by atoms with Crippen LogP contribution in [0.15, 0.2) is 24.3 Å². The van der Waals surface area contributed by atoms with Gasteiger partial charge in [0.05, 0.1) is 5.54 Å². The number of benzene rings is 1. The summed E-state index contributed by atoms with van der Waals surface area (Å²) in [6.07, 6.45) is 6.70. The maximum Gasteiger partial charge on any atom is 0.244 e. The van der Waals surface area contributed by atoms with Crippen LogP contribution in [-0.2, 0) is 4.79 Å². The van der Waals surface area contributed by atoms with Crippen LogP contribution in [0.1, 0.15) is 52.4 Å². The minimum Gasteiger partial charge on any atom is -0.371 e. The Morgan fingerprint density at radius 1 is 1.27 bits per heavy atom. The normalized spacial score (nSPS) is 18.4. The molecular formula is C18H29N3O. The second-order valence-corrected chi connectivity index (χ2v) is 6.57. The van der Waals surface area contributed by atoms with E-state index in [1.807, 2.05) is 19.1 Å². The highest BCUT2D eigenvalue weighted by atomic mass is 16.2. The van der Waals surface area contributed by atoms with Crippen molar-refractivity contribution in [3.8, 4) is 0 Å². The van der Waals surface area contributed by atoms with E-state index in [0.717, 1.165) is 25.2 Å². The number of rotatable bonds is 5. The first-order valence-corrected chi connectivity index (χ1v) is 8.48. The van der Waals surface area contributed by atoms with Gasteiger partial charge < -0.3 is 16.0 Å². The molecule has 1 amide bonds. The number of nitrogens with one attached hydrogen (secondary N) is 1. The predicted molar refractivity (Wildman–Crippen MR) is 93.3 cm³/mol. The van der Waals surface area contributed by atoms with Gasteiger partial charge in [0.2, 0.25) is 5.91 Å². The van der Waals surface area contributed by atoms with Gasteiger partial charge in [0.15, 0.2) is 0 Å². The number of anilines is 2. The molecule has 4 nitrogen and oxygen atoms in total. The molecule has 1 heterocycles. The molecule has 0 aliphatic carbocycles. The van der Waals surface area contributed by atoms with Crippen LogP contribution in [0.25, 0.3) is 0 Å². The first-order valence-electron chi connectivity index (χ1n) is 8.48. The van der Waals surface area contributed by atoms with E-state index in [2.05, 4.69) is 22.3 Å². The summed E-state index contributed by atoms with van der Waals surface area (Å²) in [6, 6.07) is 8.12. The van der Waals surface area contributed by atoms with Gasteiger partial charge in [-0.2, -0.15) is 0 Å². The number of hydrogen-bond donors (Lipinski definition) is 2. The predicted octanol–water partition coefficient (Wildman–Crippen LogP) is 3.52. The lowest BCUT2D eigenvalue weighted by Gasteiger charge is -2.25. The zero-order valence-electron chi connectivity index (χ0n) is 13.9. The Balaban J connectivity index is 2.06. The molecule has 122 valence electrons. The first-order chi connectivity index (χ1) is 10.5. The largest absolute Gasteiger partial charge is 0.371 e. The van der Waals surface area contributed by atoms with E-state index in [-0.39, 0.29) is 5.91 Å². The molecule has 1 aromatic rings. The molecule has 0 bridgehead atoms. The second-order valence-electron chi connectivity index (χ2n) is 6.57. The lowest BCUT2D eigenvalue weighted by Crippen LogP contribution is -2.48. The van der Waals surface area contributed by atoms with E-state index < -0.39 is 5.54 Å². The molecule has 0 aromatic heterocycles. The van der Waals surface area contributed by atoms with Gasteiger partial charge in [0, 0.05) is 24.5 Å². The van der Waals surface area contributed by atoms with E-state index in [0.29, 0.717) is 6.42 Å². The Bertz CT molecular complexity index is 491. The van der Waals surface area contributed by atoms with Crippen LogP contribution in [0, 0.1) is 0 Å². The molecule has 1 aliphatic heterocycles. The molecule has 1 aliphatic rings. The quantitative estimate of drug-likeness (QED) is 0.875. The molecule has 1 fully saturated rings. The molecule has 1 aromatic carbocycles. The minimum atomic E-state index is -0.812. The Kier molecular flexibility index (Phi) is 5.83. The summed E-state index contributed by atoms with van der Waals surface area (Å²) in [5.74, 6) is -0.109. The van der Waals surface area contributed by atoms with Gasteiger partial charge in [0.25, 0.3) is 0 Å². The average Bonchev–Trinajstić information content (AvgIpc) is 2.76. The standard InChI is InChI=1S/C18H29N3O/c1-3-11-18(2,19)17(22)20-15-9-8-10-16(14-15)21-12-6-4-5-7-13-21/h8-10,14H,3-7,11-13,19H2,1-2H3,(H,20,22). The molecule has 4 heteroatoms. The van der Waals surface area contributed by atoms with Crippen molar-refractivity contribution in [2.75, 3.05) is 23.3 Å². The van der Waals surface area contributed by atoms with Crippen molar-refractivity contribution in [2.24, 2.45) is 5.73 Å². The van der Waals surface area contributed by atoms with Crippen LogP contribution in [-0.4, -0.2) is 24.5 Å². The van der Waals surface area contributed by atoms with Crippen molar-refractivity contribution < 1.29 is 4.79 Å². The summed E-state index contributed by atoms with van der Waals surface area (Å²) in [5.41, 5.74) is 7.31. The highest BCUT2D eigenvalue weighted by Crippen LogP contribution is 2.23. The van der Waals surface area contributed by atoms with Crippen LogP contribution in [0.4, 0.5) is 11.4 Å². The van der Waals surface area contributed by atoms with Crippen LogP contribution >= 0.6 is 0 Å². The fourth-order valence-electron chi connectivity index (χ4n) is 3.02. The zero-order chi connectivity index (χ0) is 16.0. The number of hydrogen-bond acceptors (Lipinski definition) is 3. The maximum atomic E-state index is 12.3. The Morgan fingerprint density at radius 2 is 1.95 bits per heavy atom. The summed E-state index contributed by atoms with van der Waals surface area (Å²) in [4.78, 5) is 14.7. The van der Waals surface area contributed by atoms with Crippen molar-refractivity contribution in [3.63, 3.8) is 0 Å². The van der Waals surface area contributed by atoms with Gasteiger partial charge >= 0.3 is 0 Å². The fraction of sp³-hybridized carbons (Fsp3) is 0.611. The maximum absolute atomic E-state index is 12.3. The van der Waals surface area contributed by atoms with Crippen molar-refractivity contribution in [2.45, 2.75) is 57.9 Å². The second kappa shape index (κ2) is 7.63. The highest BCUT2D eigenvalue weighted by molar-refractivity contribution is 5.97. The number of nitrogens with two attached hydrogens (primary N) is 1. The smallest absolute Gasteiger partial charge is 0.244 e. The fourth-order valence-corrected chi connectivity index (χ4v) is 3.02. The van der Waals surface area contributed by atoms with Crippen molar-refractivity contribution in [3.05, 3.63) is 24.3 Å². The molecule has 1 saturated heterocycles. The third kappa shape index (κ3) is 4.47. The Morgan fingerprint density at radius 3 is 2.59 bits per heavy atom. The molecule has 1 unspecified atom stereocenters. The first kappa shape index (κ1) is 16.8. The number of amides is 1. The average molecular weight is 303 g/mol. The van der Waals surface area contributed by atoms with E-state index in [1.54, 1.807) is 6.92 Å². The lowest BCUT2D eigenvalue weighted by atomic mass is 9.96. The number of carbonyl (C=O) groups excluding carboxylic acids is 1. The molecule has 2 rings (SSSR count). The summed E-state index contributed by atoms with van der Waals surface area (Å²) in [7, 11) is 0. The van der Waals surface area contributed by atoms with E-state index >= 15 is 0 Å². The Hall–Kier alpha value is -1.55. The summed E-state index contributed by atoms with van der Waals surface area (Å²) >= 11 is 0. The zero-order valence-corrected chi connectivity index (χ0v) is 13.9. The third-order valence-corrected chi connectivity index (χ3v) is 4.36. The monoisotopic (exact) mass is 303 g/mol. The van der Waals surface area contributed by atoms with Crippen LogP contribution in [0.3, 0.4) is 0 Å². The van der Waals surface area contributed by atoms with Gasteiger partial charge in [0.1, 0.15) is 0 Å². The van der Waals surface area contributed by atoms with Gasteiger partial charge in [-0.25, -0.2) is 0 Å². The van der Waals surface area contributed by atoms with Crippen molar-refractivity contribution in [1.82, 2.24) is 0 Å². The molecule has 0 saturated carbocycles. The van der Waals surface area contributed by atoms with E-state index in [9.17, 15) is 4.79 Å². The van der Waals surface area contributed by atoms with Crippen LogP contribution in [0.5, 0.6) is 0 Å². The number of carbonyl (C=O) groups is 1. The lowest BCUT2D eigenvalue weighted by molar-refractivity contribution is -0.120. The van der Waals surface area contributed by atoms with E-state index in [4.69, 9.17) is 5.73 Å². The van der Waals surface area contributed by atoms with Crippen molar-refractivity contribution >= 4 is 17.3 Å². The molecule has 0 radical (unpaired) electrons. The van der Waals surface area contributed by atoms with E-state index in [1.165, 1.54) is 31.4 Å². The highest BCUT2D eigenvalue weighted by Gasteiger charge is 2.27. The number of nitrogens with zero attached hydrogens (tertiary/aromatic N) is 1. The van der Waals surface area contributed by atoms with Crippen LogP contribution in [0.2, 0.25) is 0 Å². The summed E-state index contributed by atoms with van der Waals surface area (Å²) in [5, 5.41) is 2.97. The molecule has 22 heavy (non-hydrogen) atoms. The Labute approximate surface area is 134 Å². The van der Waals surface area contributed by atoms with Crippen molar-refractivity contribution in [1.29, 1.82) is 0 Å². The van der Waals surface area contributed by atoms with Gasteiger partial charge in [-0.3, -0.25) is 4.79 Å². The summed E-state index contributed by atoms with van der Waals surface area (Å²) < 4.78 is 0. The molecular weight excluding hydrogens is 274 g/mol. The van der Waals surface area contributed by atoms with Crippen LogP contribution < -0.4 is 16.0 Å². The van der Waals surface area contributed by atoms with Gasteiger partial charge in [-0.05, 0) is 44.4 Å². The SMILES string of the molecule is CCCC(C)(N)C(=O)Nc1cccc(N2CCCCCC2)c1. The molecule has 0 spiro atoms. The molecule has 1 atom stereocenters. The minimum absolute atomic E-state index is 0.109. The van der Waals surface area contributed by atoms with Gasteiger partial charge in [-0.1, -0.05) is 32.3 Å².